The lowest BCUT2D eigenvalue weighted by molar-refractivity contribution is 0.586. The minimum absolute atomic E-state index is 0.0193. The first-order chi connectivity index (χ1) is 11.5. The minimum Gasteiger partial charge on any atom is -0.314 e. The van der Waals surface area contributed by atoms with Crippen LogP contribution in [0.25, 0.3) is 11.3 Å². The van der Waals surface area contributed by atoms with Gasteiger partial charge in [0.25, 0.3) is 0 Å². The molecule has 3 rings (SSSR count). The molecule has 0 unspecified atom stereocenters. The number of pyridine rings is 1. The molecule has 0 radical (unpaired) electrons. The van der Waals surface area contributed by atoms with Crippen LogP contribution >= 0.6 is 11.3 Å². The van der Waals surface area contributed by atoms with Gasteiger partial charge in [-0.15, -0.1) is 11.3 Å². The van der Waals surface area contributed by atoms with Gasteiger partial charge in [0.15, 0.2) is 4.21 Å². The van der Waals surface area contributed by atoms with Crippen molar-refractivity contribution in [2.75, 3.05) is 7.05 Å². The van der Waals surface area contributed by atoms with Crippen molar-refractivity contribution < 1.29 is 12.8 Å². The van der Waals surface area contributed by atoms with Gasteiger partial charge in [-0.05, 0) is 31.3 Å². The second-order valence-electron chi connectivity index (χ2n) is 4.93. The maximum atomic E-state index is 14.1. The first kappa shape index (κ1) is 16.7. The molecule has 0 atom stereocenters. The van der Waals surface area contributed by atoms with Gasteiger partial charge in [0.1, 0.15) is 10.7 Å². The van der Waals surface area contributed by atoms with E-state index < -0.39 is 15.8 Å². The summed E-state index contributed by atoms with van der Waals surface area (Å²) < 4.78 is 40.0. The summed E-state index contributed by atoms with van der Waals surface area (Å²) in [5.41, 5.74) is 0.172. The average Bonchev–Trinajstić information content (AvgIpc) is 3.01. The summed E-state index contributed by atoms with van der Waals surface area (Å²) in [5.74, 6) is -0.747. The number of sulfone groups is 1. The summed E-state index contributed by atoms with van der Waals surface area (Å²) in [7, 11) is -2.06. The number of aromatic nitrogens is 2. The Bertz CT molecular complexity index is 956. The van der Waals surface area contributed by atoms with Crippen molar-refractivity contribution in [3.8, 4) is 11.3 Å². The monoisotopic (exact) mass is 363 g/mol. The van der Waals surface area contributed by atoms with Crippen molar-refractivity contribution in [1.29, 1.82) is 0 Å². The van der Waals surface area contributed by atoms with Crippen molar-refractivity contribution >= 4 is 21.2 Å². The largest absolute Gasteiger partial charge is 0.314 e. The van der Waals surface area contributed by atoms with E-state index in [0.29, 0.717) is 11.6 Å². The lowest BCUT2D eigenvalue weighted by atomic mass is 10.2. The highest BCUT2D eigenvalue weighted by Crippen LogP contribution is 2.36. The van der Waals surface area contributed by atoms with Gasteiger partial charge < -0.3 is 5.32 Å². The quantitative estimate of drug-likeness (QED) is 0.706. The number of nitrogens with one attached hydrogen (secondary N) is 1. The highest BCUT2D eigenvalue weighted by molar-refractivity contribution is 7.93. The van der Waals surface area contributed by atoms with Gasteiger partial charge in [-0.2, -0.15) is 4.39 Å². The molecule has 24 heavy (non-hydrogen) atoms. The molecule has 1 aromatic carbocycles. The molecule has 3 aromatic rings. The summed E-state index contributed by atoms with van der Waals surface area (Å²) in [6.45, 7) is 0.393. The number of nitrogens with zero attached hydrogens (tertiary/aromatic N) is 2. The van der Waals surface area contributed by atoms with E-state index in [1.807, 2.05) is 0 Å². The summed E-state index contributed by atoms with van der Waals surface area (Å²) >= 11 is 1.03. The van der Waals surface area contributed by atoms with Crippen LogP contribution in [0.15, 0.2) is 57.8 Å². The van der Waals surface area contributed by atoms with Crippen LogP contribution in [0.1, 0.15) is 5.01 Å². The molecule has 2 heterocycles. The number of thiazole rings is 1. The van der Waals surface area contributed by atoms with Crippen LogP contribution in [0.5, 0.6) is 0 Å². The van der Waals surface area contributed by atoms with Crippen molar-refractivity contribution in [1.82, 2.24) is 15.3 Å². The lowest BCUT2D eigenvalue weighted by Crippen LogP contribution is -2.04. The van der Waals surface area contributed by atoms with E-state index in [1.165, 1.54) is 24.4 Å². The zero-order valence-corrected chi connectivity index (χ0v) is 14.4. The number of hydrogen-bond donors (Lipinski definition) is 1. The number of rotatable bonds is 5. The molecule has 8 heteroatoms. The van der Waals surface area contributed by atoms with E-state index in [1.54, 1.807) is 31.3 Å². The maximum Gasteiger partial charge on any atom is 0.222 e. The Hall–Kier alpha value is -2.16. The Balaban J connectivity index is 2.23. The van der Waals surface area contributed by atoms with Crippen LogP contribution in [0.2, 0.25) is 0 Å². The van der Waals surface area contributed by atoms with Crippen LogP contribution in [-0.2, 0) is 16.4 Å². The van der Waals surface area contributed by atoms with E-state index in [2.05, 4.69) is 15.3 Å². The third-order valence-electron chi connectivity index (χ3n) is 3.28. The summed E-state index contributed by atoms with van der Waals surface area (Å²) in [6, 6.07) is 11.1. The second kappa shape index (κ2) is 6.76. The van der Waals surface area contributed by atoms with Crippen LogP contribution in [0.4, 0.5) is 4.39 Å². The van der Waals surface area contributed by atoms with Gasteiger partial charge >= 0.3 is 0 Å². The SMILES string of the molecule is CNCc1nc(-c2cccnc2F)c(S(=O)(=O)c2ccccc2)s1. The fraction of sp³-hybridized carbons (Fsp3) is 0.125. The Morgan fingerprint density at radius 3 is 2.58 bits per heavy atom. The molecule has 124 valence electrons. The fourth-order valence-electron chi connectivity index (χ4n) is 2.20. The zero-order valence-electron chi connectivity index (χ0n) is 12.7. The predicted molar refractivity (Wildman–Crippen MR) is 90.0 cm³/mol. The number of halogens is 1. The normalized spacial score (nSPS) is 11.6. The van der Waals surface area contributed by atoms with Gasteiger partial charge in [-0.25, -0.2) is 18.4 Å². The molecule has 0 saturated carbocycles. The zero-order chi connectivity index (χ0) is 17.2. The Morgan fingerprint density at radius 2 is 1.92 bits per heavy atom. The van der Waals surface area contributed by atoms with Crippen molar-refractivity contribution in [2.45, 2.75) is 15.6 Å². The van der Waals surface area contributed by atoms with E-state index in [9.17, 15) is 12.8 Å². The molecule has 0 spiro atoms. The Labute approximate surface area is 143 Å². The minimum atomic E-state index is -3.80. The molecule has 0 aliphatic carbocycles. The fourth-order valence-corrected chi connectivity index (χ4v) is 5.17. The second-order valence-corrected chi connectivity index (χ2v) is 8.16. The van der Waals surface area contributed by atoms with E-state index in [4.69, 9.17) is 0 Å². The highest BCUT2D eigenvalue weighted by atomic mass is 32.2. The first-order valence-corrected chi connectivity index (χ1v) is 9.39. The number of benzene rings is 1. The Morgan fingerprint density at radius 1 is 1.17 bits per heavy atom. The molecule has 0 bridgehead atoms. The molecule has 1 N–H and O–H groups in total. The topological polar surface area (TPSA) is 72.0 Å². The maximum absolute atomic E-state index is 14.1. The molecule has 5 nitrogen and oxygen atoms in total. The molecule has 0 fully saturated rings. The summed E-state index contributed by atoms with van der Waals surface area (Å²) in [6.07, 6.45) is 1.31. The molecule has 0 aliphatic rings. The number of hydrogen-bond acceptors (Lipinski definition) is 6. The Kier molecular flexibility index (Phi) is 4.70. The van der Waals surface area contributed by atoms with Crippen LogP contribution in [0.3, 0.4) is 0 Å². The molecular weight excluding hydrogens is 349 g/mol. The standard InChI is InChI=1S/C16H14FN3O2S2/c1-18-10-13-20-14(12-8-5-9-19-15(12)17)16(23-13)24(21,22)11-6-3-2-4-7-11/h2-9,18H,10H2,1H3. The molecule has 0 saturated heterocycles. The third kappa shape index (κ3) is 3.08. The van der Waals surface area contributed by atoms with Crippen molar-refractivity contribution in [3.63, 3.8) is 0 Å². The molecular formula is C16H14FN3O2S2. The predicted octanol–water partition coefficient (Wildman–Crippen LogP) is 2.90. The molecule has 2 aromatic heterocycles. The molecule has 0 aliphatic heterocycles. The van der Waals surface area contributed by atoms with Crippen molar-refractivity contribution in [2.24, 2.45) is 0 Å². The van der Waals surface area contributed by atoms with Gasteiger partial charge in [-0.3, -0.25) is 0 Å². The van der Waals surface area contributed by atoms with E-state index in [-0.39, 0.29) is 20.4 Å². The van der Waals surface area contributed by atoms with Crippen molar-refractivity contribution in [3.05, 3.63) is 59.6 Å². The third-order valence-corrected chi connectivity index (χ3v) is 6.61. The van der Waals surface area contributed by atoms with Crippen LogP contribution in [-0.4, -0.2) is 25.4 Å². The van der Waals surface area contributed by atoms with Gasteiger partial charge in [-0.1, -0.05) is 18.2 Å². The lowest BCUT2D eigenvalue weighted by Gasteiger charge is -2.05. The summed E-state index contributed by atoms with van der Waals surface area (Å²) in [4.78, 5) is 8.06. The van der Waals surface area contributed by atoms with Gasteiger partial charge in [0.05, 0.1) is 10.5 Å². The highest BCUT2D eigenvalue weighted by Gasteiger charge is 2.28. The smallest absolute Gasteiger partial charge is 0.222 e. The van der Waals surface area contributed by atoms with E-state index >= 15 is 0 Å². The van der Waals surface area contributed by atoms with Crippen LogP contribution < -0.4 is 5.32 Å². The molecule has 0 amide bonds. The van der Waals surface area contributed by atoms with Gasteiger partial charge in [0.2, 0.25) is 15.8 Å². The summed E-state index contributed by atoms with van der Waals surface area (Å²) in [5, 5.41) is 3.49. The van der Waals surface area contributed by atoms with Crippen LogP contribution in [0, 0.1) is 5.95 Å². The first-order valence-electron chi connectivity index (χ1n) is 7.09. The van der Waals surface area contributed by atoms with E-state index in [0.717, 1.165) is 11.3 Å². The average molecular weight is 363 g/mol. The van der Waals surface area contributed by atoms with Gasteiger partial charge in [0, 0.05) is 12.7 Å².